The first-order valence-corrected chi connectivity index (χ1v) is 6.44. The fourth-order valence-corrected chi connectivity index (χ4v) is 2.88. The van der Waals surface area contributed by atoms with E-state index in [0.29, 0.717) is 22.0 Å². The van der Waals surface area contributed by atoms with Crippen molar-refractivity contribution in [3.05, 3.63) is 24.0 Å². The van der Waals surface area contributed by atoms with E-state index >= 15 is 0 Å². The Labute approximate surface area is 105 Å². The highest BCUT2D eigenvalue weighted by Crippen LogP contribution is 2.32. The summed E-state index contributed by atoms with van der Waals surface area (Å²) in [5, 5.41) is 0.536. The van der Waals surface area contributed by atoms with E-state index in [9.17, 15) is 0 Å². The van der Waals surface area contributed by atoms with Crippen LogP contribution in [0, 0.1) is 6.92 Å². The molecule has 0 bridgehead atoms. The second kappa shape index (κ2) is 4.01. The number of aromatic nitrogens is 3. The first-order chi connectivity index (χ1) is 8.22. The second-order valence-corrected chi connectivity index (χ2v) is 5.33. The van der Waals surface area contributed by atoms with Gasteiger partial charge in [0.1, 0.15) is 11.3 Å². The van der Waals surface area contributed by atoms with Gasteiger partial charge in [0.15, 0.2) is 9.92 Å². The molecule has 2 aromatic heterocycles. The Bertz CT molecular complexity index is 676. The smallest absolute Gasteiger partial charge is 0.264 e. The summed E-state index contributed by atoms with van der Waals surface area (Å²) in [5.74, 6) is 0.758. The molecule has 0 aliphatic carbocycles. The highest BCUT2D eigenvalue weighted by molar-refractivity contribution is 8.00. The molecule has 0 amide bonds. The number of hydrogen-bond acceptors (Lipinski definition) is 7. The van der Waals surface area contributed by atoms with Gasteiger partial charge in [-0.15, -0.1) is 0 Å². The van der Waals surface area contributed by atoms with Crippen molar-refractivity contribution in [2.45, 2.75) is 16.5 Å². The Morgan fingerprint density at radius 2 is 2.24 bits per heavy atom. The zero-order chi connectivity index (χ0) is 11.8. The van der Waals surface area contributed by atoms with E-state index in [4.69, 9.17) is 10.2 Å². The summed E-state index contributed by atoms with van der Waals surface area (Å²) in [7, 11) is 0. The minimum atomic E-state index is 0.536. The molecule has 7 heteroatoms. The number of nitrogen functional groups attached to an aromatic ring is 1. The molecule has 1 aromatic carbocycles. The molecule has 0 atom stereocenters. The van der Waals surface area contributed by atoms with Crippen LogP contribution in [0.25, 0.3) is 11.1 Å². The number of nitrogens with two attached hydrogens (primary N) is 1. The molecular weight excluding hydrogens is 256 g/mol. The lowest BCUT2D eigenvalue weighted by molar-refractivity contribution is 0.489. The summed E-state index contributed by atoms with van der Waals surface area (Å²) in [6.07, 6.45) is 0. The van der Waals surface area contributed by atoms with Crippen molar-refractivity contribution in [1.29, 1.82) is 0 Å². The van der Waals surface area contributed by atoms with Gasteiger partial charge in [-0.3, -0.25) is 0 Å². The van der Waals surface area contributed by atoms with Crippen LogP contribution in [-0.4, -0.2) is 14.3 Å². The van der Waals surface area contributed by atoms with Gasteiger partial charge >= 0.3 is 0 Å². The minimum absolute atomic E-state index is 0.536. The standard InChI is InChI=1S/C10H8N4OS2/c1-5-12-10(17-14-5)16-9-13-8-6(11)3-2-4-7(8)15-9/h2-4H,11H2,1H3. The lowest BCUT2D eigenvalue weighted by Crippen LogP contribution is -1.84. The van der Waals surface area contributed by atoms with Crippen LogP contribution >= 0.6 is 23.3 Å². The van der Waals surface area contributed by atoms with Gasteiger partial charge in [-0.05, 0) is 30.6 Å². The number of aryl methyl sites for hydroxylation is 1. The average molecular weight is 264 g/mol. The van der Waals surface area contributed by atoms with Crippen molar-refractivity contribution in [2.75, 3.05) is 5.73 Å². The van der Waals surface area contributed by atoms with Crippen LogP contribution in [0.5, 0.6) is 0 Å². The molecule has 0 fully saturated rings. The van der Waals surface area contributed by atoms with E-state index in [1.165, 1.54) is 23.3 Å². The Balaban J connectivity index is 1.98. The molecule has 0 spiro atoms. The molecule has 2 N–H and O–H groups in total. The maximum Gasteiger partial charge on any atom is 0.264 e. The van der Waals surface area contributed by atoms with Gasteiger partial charge in [-0.1, -0.05) is 6.07 Å². The summed E-state index contributed by atoms with van der Waals surface area (Å²) in [6, 6.07) is 5.48. The summed E-state index contributed by atoms with van der Waals surface area (Å²) in [5.41, 5.74) is 7.81. The molecule has 0 unspecified atom stereocenters. The van der Waals surface area contributed by atoms with Crippen molar-refractivity contribution in [3.63, 3.8) is 0 Å². The molecule has 0 saturated heterocycles. The van der Waals surface area contributed by atoms with Gasteiger partial charge < -0.3 is 10.2 Å². The largest absolute Gasteiger partial charge is 0.431 e. The van der Waals surface area contributed by atoms with Crippen molar-refractivity contribution in [3.8, 4) is 0 Å². The summed E-state index contributed by atoms with van der Waals surface area (Å²) in [6.45, 7) is 1.85. The minimum Gasteiger partial charge on any atom is -0.431 e. The molecule has 86 valence electrons. The van der Waals surface area contributed by atoms with Crippen molar-refractivity contribution >= 4 is 40.1 Å². The molecule has 5 nitrogen and oxygen atoms in total. The van der Waals surface area contributed by atoms with Crippen molar-refractivity contribution < 1.29 is 4.42 Å². The van der Waals surface area contributed by atoms with E-state index in [-0.39, 0.29) is 0 Å². The van der Waals surface area contributed by atoms with Gasteiger partial charge in [0.2, 0.25) is 0 Å². The zero-order valence-corrected chi connectivity index (χ0v) is 10.5. The molecule has 0 radical (unpaired) electrons. The average Bonchev–Trinajstić information content (AvgIpc) is 2.86. The van der Waals surface area contributed by atoms with Crippen molar-refractivity contribution in [2.24, 2.45) is 0 Å². The van der Waals surface area contributed by atoms with E-state index in [2.05, 4.69) is 14.3 Å². The van der Waals surface area contributed by atoms with E-state index in [1.54, 1.807) is 6.07 Å². The van der Waals surface area contributed by atoms with Gasteiger partial charge in [-0.2, -0.15) is 4.37 Å². The first-order valence-electron chi connectivity index (χ1n) is 4.85. The predicted octanol–water partition coefficient (Wildman–Crippen LogP) is 2.72. The second-order valence-electron chi connectivity index (χ2n) is 3.38. The Morgan fingerprint density at radius 1 is 1.35 bits per heavy atom. The molecular formula is C10H8N4OS2. The third kappa shape index (κ3) is 1.98. The summed E-state index contributed by atoms with van der Waals surface area (Å²) < 4.78 is 10.5. The highest BCUT2D eigenvalue weighted by atomic mass is 32.2. The number of rotatable bonds is 2. The number of oxazole rings is 1. The predicted molar refractivity (Wildman–Crippen MR) is 67.2 cm³/mol. The third-order valence-electron chi connectivity index (χ3n) is 2.11. The molecule has 0 saturated carbocycles. The molecule has 0 aliphatic rings. The Hall–Kier alpha value is -1.60. The maximum absolute atomic E-state index is 5.81. The van der Waals surface area contributed by atoms with Crippen molar-refractivity contribution in [1.82, 2.24) is 14.3 Å². The first kappa shape index (κ1) is 10.5. The fourth-order valence-electron chi connectivity index (χ4n) is 1.39. The van der Waals surface area contributed by atoms with Crippen LogP contribution < -0.4 is 5.73 Å². The van der Waals surface area contributed by atoms with Gasteiger partial charge in [0.25, 0.3) is 5.22 Å². The fraction of sp³-hybridized carbons (Fsp3) is 0.100. The number of nitrogens with zero attached hydrogens (tertiary/aromatic N) is 3. The van der Waals surface area contributed by atoms with Crippen LogP contribution in [0.3, 0.4) is 0 Å². The van der Waals surface area contributed by atoms with Gasteiger partial charge in [0, 0.05) is 11.8 Å². The van der Waals surface area contributed by atoms with Gasteiger partial charge in [-0.25, -0.2) is 9.97 Å². The Kier molecular flexibility index (Phi) is 2.49. The number of para-hydroxylation sites is 1. The topological polar surface area (TPSA) is 77.8 Å². The number of hydrogen-bond donors (Lipinski definition) is 1. The lowest BCUT2D eigenvalue weighted by Gasteiger charge is -1.89. The summed E-state index contributed by atoms with van der Waals surface area (Å²) >= 11 is 2.68. The summed E-state index contributed by atoms with van der Waals surface area (Å²) in [4.78, 5) is 8.56. The Morgan fingerprint density at radius 3 is 2.94 bits per heavy atom. The lowest BCUT2D eigenvalue weighted by atomic mass is 10.3. The normalized spacial score (nSPS) is 11.1. The number of anilines is 1. The molecule has 3 rings (SSSR count). The van der Waals surface area contributed by atoms with E-state index in [1.807, 2.05) is 19.1 Å². The number of benzene rings is 1. The monoisotopic (exact) mass is 264 g/mol. The van der Waals surface area contributed by atoms with Crippen LogP contribution in [0.1, 0.15) is 5.82 Å². The molecule has 3 aromatic rings. The van der Waals surface area contributed by atoms with E-state index < -0.39 is 0 Å². The quantitative estimate of drug-likeness (QED) is 0.717. The third-order valence-corrected chi connectivity index (χ3v) is 3.81. The maximum atomic E-state index is 5.81. The number of fused-ring (bicyclic) bond motifs is 1. The van der Waals surface area contributed by atoms with Gasteiger partial charge in [0.05, 0.1) is 5.69 Å². The van der Waals surface area contributed by atoms with Crippen LogP contribution in [0.15, 0.2) is 32.2 Å². The molecule has 0 aliphatic heterocycles. The molecule has 17 heavy (non-hydrogen) atoms. The van der Waals surface area contributed by atoms with Crippen LogP contribution in [0.2, 0.25) is 0 Å². The SMILES string of the molecule is Cc1nsc(Sc2nc3c(N)cccc3o2)n1. The molecule has 2 heterocycles. The van der Waals surface area contributed by atoms with E-state index in [0.717, 1.165) is 10.2 Å². The van der Waals surface area contributed by atoms with Crippen LogP contribution in [-0.2, 0) is 0 Å². The zero-order valence-electron chi connectivity index (χ0n) is 8.88. The van der Waals surface area contributed by atoms with Crippen LogP contribution in [0.4, 0.5) is 5.69 Å². The highest BCUT2D eigenvalue weighted by Gasteiger charge is 2.11.